The number of halogens is 12. The molecule has 0 aromatic heterocycles. The molecule has 0 fully saturated rings. The maximum absolute atomic E-state index is 13.2. The molecule has 0 aliphatic heterocycles. The van der Waals surface area contributed by atoms with Crippen LogP contribution in [0.25, 0.3) is 0 Å². The van der Waals surface area contributed by atoms with Crippen molar-refractivity contribution >= 4 is 5.97 Å². The minimum absolute atomic E-state index is 0.0460. The maximum Gasteiger partial charge on any atom is 0.384 e. The Morgan fingerprint density at radius 2 is 1.28 bits per heavy atom. The van der Waals surface area contributed by atoms with Gasteiger partial charge in [-0.25, -0.2) is 8.78 Å². The highest BCUT2D eigenvalue weighted by Crippen LogP contribution is 2.58. The molecule has 0 unspecified atom stereocenters. The molecule has 0 aliphatic carbocycles. The lowest BCUT2D eigenvalue weighted by molar-refractivity contribution is -0.414. The molecule has 0 aromatic rings. The van der Waals surface area contributed by atoms with Crippen LogP contribution in [-0.4, -0.2) is 48.6 Å². The Balaban J connectivity index is 5.75. The molecule has 0 saturated carbocycles. The summed E-state index contributed by atoms with van der Waals surface area (Å²) in [5, 5.41) is 0. The smallest absolute Gasteiger partial charge is 0.384 e. The Kier molecular flexibility index (Phi) is 6.71. The van der Waals surface area contributed by atoms with Gasteiger partial charge in [-0.05, 0) is 6.42 Å². The number of ether oxygens (including phenoxy) is 1. The largest absolute Gasteiger partial charge is 0.459 e. The fourth-order valence-electron chi connectivity index (χ4n) is 1.31. The van der Waals surface area contributed by atoms with Crippen LogP contribution < -0.4 is 0 Å². The molecule has 0 aromatic carbocycles. The normalized spacial score (nSPS) is 14.8. The highest BCUT2D eigenvalue weighted by atomic mass is 19.4. The maximum atomic E-state index is 13.2. The Morgan fingerprint density at radius 3 is 1.64 bits per heavy atom. The molecule has 0 rings (SSSR count). The third-order valence-corrected chi connectivity index (χ3v) is 2.81. The van der Waals surface area contributed by atoms with Gasteiger partial charge >= 0.3 is 42.0 Å². The minimum Gasteiger partial charge on any atom is -0.459 e. The Labute approximate surface area is 132 Å². The third-order valence-electron chi connectivity index (χ3n) is 2.81. The first-order valence-electron chi connectivity index (χ1n) is 6.23. The lowest BCUT2D eigenvalue weighted by Crippen LogP contribution is -2.69. The van der Waals surface area contributed by atoms with E-state index >= 15 is 0 Å². The molecular formula is C11H10F12O2. The second kappa shape index (κ2) is 7.09. The summed E-state index contributed by atoms with van der Waals surface area (Å²) in [7, 11) is 0. The molecule has 0 N–H and O–H groups in total. The number of rotatable bonds is 9. The van der Waals surface area contributed by atoms with Gasteiger partial charge in [0.15, 0.2) is 6.61 Å². The summed E-state index contributed by atoms with van der Waals surface area (Å²) in [6.07, 6.45) is -6.23. The average Bonchev–Trinajstić information content (AvgIpc) is 2.44. The summed E-state index contributed by atoms with van der Waals surface area (Å²) in [6, 6.07) is 0. The van der Waals surface area contributed by atoms with Crippen molar-refractivity contribution in [2.75, 3.05) is 6.61 Å². The predicted octanol–water partition coefficient (Wildman–Crippen LogP) is 4.77. The summed E-state index contributed by atoms with van der Waals surface area (Å²) in [4.78, 5) is 10.8. The number of esters is 1. The van der Waals surface area contributed by atoms with Crippen LogP contribution in [0.15, 0.2) is 0 Å². The number of hydrogen-bond donors (Lipinski definition) is 0. The summed E-state index contributed by atoms with van der Waals surface area (Å²) in [5.41, 5.74) is 0. The lowest BCUT2D eigenvalue weighted by Gasteiger charge is -2.38. The average molecular weight is 402 g/mol. The molecule has 0 amide bonds. The molecule has 150 valence electrons. The van der Waals surface area contributed by atoms with Gasteiger partial charge in [-0.3, -0.25) is 4.79 Å². The Bertz CT molecular complexity index is 474. The first kappa shape index (κ1) is 23.6. The fraction of sp³-hybridized carbons (Fsp3) is 0.909. The van der Waals surface area contributed by atoms with E-state index in [-0.39, 0.29) is 6.42 Å². The standard InChI is InChI=1S/C11H10F12O2/c1-2-3-5(24)25-4-7(14,15)9(18,19)11(22,23)10(20,21)8(16,17)6(12)13/h6H,2-4H2,1H3. The zero-order valence-corrected chi connectivity index (χ0v) is 12.1. The Morgan fingerprint density at radius 1 is 0.840 bits per heavy atom. The van der Waals surface area contributed by atoms with E-state index in [1.54, 1.807) is 0 Å². The van der Waals surface area contributed by atoms with Crippen molar-refractivity contribution in [1.29, 1.82) is 0 Å². The van der Waals surface area contributed by atoms with Gasteiger partial charge in [-0.1, -0.05) is 6.92 Å². The molecule has 0 aliphatic rings. The quantitative estimate of drug-likeness (QED) is 0.410. The van der Waals surface area contributed by atoms with Gasteiger partial charge in [-0.15, -0.1) is 0 Å². The van der Waals surface area contributed by atoms with Crippen LogP contribution in [0, 0.1) is 0 Å². The number of alkyl halides is 12. The molecule has 0 atom stereocenters. The third kappa shape index (κ3) is 3.91. The second-order valence-corrected chi connectivity index (χ2v) is 4.76. The molecule has 0 heterocycles. The van der Waals surface area contributed by atoms with Crippen LogP contribution in [-0.2, 0) is 9.53 Å². The zero-order valence-electron chi connectivity index (χ0n) is 12.1. The van der Waals surface area contributed by atoms with Crippen LogP contribution in [0.2, 0.25) is 0 Å². The van der Waals surface area contributed by atoms with Gasteiger partial charge in [0.05, 0.1) is 0 Å². The topological polar surface area (TPSA) is 26.3 Å². The monoisotopic (exact) mass is 402 g/mol. The van der Waals surface area contributed by atoms with E-state index in [0.29, 0.717) is 0 Å². The van der Waals surface area contributed by atoms with Crippen molar-refractivity contribution in [2.24, 2.45) is 0 Å². The van der Waals surface area contributed by atoms with E-state index in [0.717, 1.165) is 0 Å². The number of hydrogen-bond acceptors (Lipinski definition) is 2. The summed E-state index contributed by atoms with van der Waals surface area (Å²) < 4.78 is 157. The molecular weight excluding hydrogens is 392 g/mol. The van der Waals surface area contributed by atoms with E-state index in [9.17, 15) is 57.5 Å². The summed E-state index contributed by atoms with van der Waals surface area (Å²) in [6.45, 7) is -1.56. The fourth-order valence-corrected chi connectivity index (χ4v) is 1.31. The SMILES string of the molecule is CCCC(=O)OCC(F)(F)C(F)(F)C(F)(F)C(F)(F)C(F)(F)C(F)F. The molecule has 0 bridgehead atoms. The van der Waals surface area contributed by atoms with E-state index in [4.69, 9.17) is 0 Å². The van der Waals surface area contributed by atoms with Gasteiger partial charge < -0.3 is 4.74 Å². The van der Waals surface area contributed by atoms with Crippen LogP contribution in [0.4, 0.5) is 52.7 Å². The van der Waals surface area contributed by atoms with Gasteiger partial charge in [-0.2, -0.15) is 43.9 Å². The van der Waals surface area contributed by atoms with Gasteiger partial charge in [0.2, 0.25) is 0 Å². The zero-order chi connectivity index (χ0) is 20.5. The molecule has 25 heavy (non-hydrogen) atoms. The molecule has 14 heteroatoms. The predicted molar refractivity (Wildman–Crippen MR) is 56.6 cm³/mol. The molecule has 0 saturated heterocycles. The first-order valence-corrected chi connectivity index (χ1v) is 6.23. The Hall–Kier alpha value is -1.37. The van der Waals surface area contributed by atoms with Gasteiger partial charge in [0.25, 0.3) is 0 Å². The summed E-state index contributed by atoms with van der Waals surface area (Å²) >= 11 is 0. The van der Waals surface area contributed by atoms with Gasteiger partial charge in [0.1, 0.15) is 0 Å². The van der Waals surface area contributed by atoms with Crippen molar-refractivity contribution < 1.29 is 62.2 Å². The molecule has 0 spiro atoms. The van der Waals surface area contributed by atoms with Crippen molar-refractivity contribution in [2.45, 2.75) is 55.8 Å². The van der Waals surface area contributed by atoms with Crippen molar-refractivity contribution in [1.82, 2.24) is 0 Å². The van der Waals surface area contributed by atoms with Crippen LogP contribution in [0.5, 0.6) is 0 Å². The lowest BCUT2D eigenvalue weighted by atomic mass is 9.94. The highest BCUT2D eigenvalue weighted by Gasteiger charge is 2.87. The molecule has 2 nitrogen and oxygen atoms in total. The van der Waals surface area contributed by atoms with Crippen LogP contribution in [0.3, 0.4) is 0 Å². The number of carbonyl (C=O) groups is 1. The van der Waals surface area contributed by atoms with Crippen LogP contribution >= 0.6 is 0 Å². The minimum atomic E-state index is -7.61. The second-order valence-electron chi connectivity index (χ2n) is 4.76. The first-order chi connectivity index (χ1) is 10.9. The summed E-state index contributed by atoms with van der Waals surface area (Å²) in [5.74, 6) is -37.3. The van der Waals surface area contributed by atoms with E-state index in [2.05, 4.69) is 4.74 Å². The van der Waals surface area contributed by atoms with E-state index < -0.39 is 55.0 Å². The molecule has 0 radical (unpaired) electrons. The van der Waals surface area contributed by atoms with Crippen molar-refractivity contribution in [3.63, 3.8) is 0 Å². The van der Waals surface area contributed by atoms with Crippen molar-refractivity contribution in [3.8, 4) is 0 Å². The number of carbonyl (C=O) groups excluding carboxylic acids is 1. The van der Waals surface area contributed by atoms with E-state index in [1.807, 2.05) is 0 Å². The van der Waals surface area contributed by atoms with E-state index in [1.165, 1.54) is 6.92 Å². The van der Waals surface area contributed by atoms with Crippen molar-refractivity contribution in [3.05, 3.63) is 0 Å². The van der Waals surface area contributed by atoms with Gasteiger partial charge in [0, 0.05) is 6.42 Å². The highest BCUT2D eigenvalue weighted by molar-refractivity contribution is 5.69. The van der Waals surface area contributed by atoms with Crippen LogP contribution in [0.1, 0.15) is 19.8 Å².